The van der Waals surface area contributed by atoms with Crippen molar-refractivity contribution in [3.05, 3.63) is 29.6 Å². The van der Waals surface area contributed by atoms with Crippen LogP contribution in [0.25, 0.3) is 0 Å². The van der Waals surface area contributed by atoms with E-state index in [1.165, 1.54) is 56.6 Å². The molecule has 0 spiro atoms. The van der Waals surface area contributed by atoms with E-state index in [1.54, 1.807) is 0 Å². The molecule has 1 aliphatic carbocycles. The molecule has 110 valence electrons. The van der Waals surface area contributed by atoms with Gasteiger partial charge < -0.3 is 5.32 Å². The molecule has 0 aromatic carbocycles. The van der Waals surface area contributed by atoms with Gasteiger partial charge in [0.05, 0.1) is 11.4 Å². The van der Waals surface area contributed by atoms with Crippen LogP contribution in [0.5, 0.6) is 0 Å². The third-order valence-electron chi connectivity index (χ3n) is 4.58. The number of rotatable bonds is 6. The maximum absolute atomic E-state index is 4.81. The van der Waals surface area contributed by atoms with Crippen LogP contribution in [0.2, 0.25) is 0 Å². The molecule has 3 rings (SSSR count). The predicted octanol–water partition coefficient (Wildman–Crippen LogP) is 2.96. The number of pyridine rings is 1. The second-order valence-electron chi connectivity index (χ2n) is 6.43. The summed E-state index contributed by atoms with van der Waals surface area (Å²) < 4.78 is 0. The molecule has 1 aromatic heterocycles. The zero-order chi connectivity index (χ0) is 13.8. The van der Waals surface area contributed by atoms with E-state index < -0.39 is 0 Å². The molecule has 2 aliphatic rings. The summed E-state index contributed by atoms with van der Waals surface area (Å²) in [6.45, 7) is 6.76. The fourth-order valence-electron chi connectivity index (χ4n) is 3.11. The molecule has 1 aromatic rings. The van der Waals surface area contributed by atoms with Gasteiger partial charge in [0.1, 0.15) is 0 Å². The lowest BCUT2D eigenvalue weighted by Gasteiger charge is -2.32. The van der Waals surface area contributed by atoms with Crippen molar-refractivity contribution in [3.8, 4) is 0 Å². The summed E-state index contributed by atoms with van der Waals surface area (Å²) in [5.74, 6) is 0.892. The number of hydrogen-bond donors (Lipinski definition) is 1. The molecule has 3 heteroatoms. The van der Waals surface area contributed by atoms with Gasteiger partial charge in [-0.25, -0.2) is 0 Å². The van der Waals surface area contributed by atoms with E-state index in [2.05, 4.69) is 35.3 Å². The number of nitrogens with zero attached hydrogens (tertiary/aromatic N) is 2. The second kappa shape index (κ2) is 6.68. The Morgan fingerprint density at radius 3 is 2.90 bits per heavy atom. The molecule has 1 unspecified atom stereocenters. The van der Waals surface area contributed by atoms with Gasteiger partial charge in [-0.05, 0) is 50.3 Å². The monoisotopic (exact) mass is 273 g/mol. The number of hydrogen-bond acceptors (Lipinski definition) is 3. The molecule has 1 saturated carbocycles. The van der Waals surface area contributed by atoms with Gasteiger partial charge in [-0.2, -0.15) is 0 Å². The lowest BCUT2D eigenvalue weighted by atomic mass is 9.95. The lowest BCUT2D eigenvalue weighted by Crippen LogP contribution is -2.34. The molecule has 2 fully saturated rings. The Morgan fingerprint density at radius 2 is 2.10 bits per heavy atom. The highest BCUT2D eigenvalue weighted by atomic mass is 15.1. The van der Waals surface area contributed by atoms with Crippen molar-refractivity contribution in [2.75, 3.05) is 13.1 Å². The van der Waals surface area contributed by atoms with Crippen LogP contribution < -0.4 is 5.32 Å². The SMILES string of the molecule is CCC1CCCN(Cc2cccc(CNC3CC3)n2)C1. The Balaban J connectivity index is 1.54. The lowest BCUT2D eigenvalue weighted by molar-refractivity contribution is 0.163. The van der Waals surface area contributed by atoms with Gasteiger partial charge in [0.25, 0.3) is 0 Å². The Labute approximate surface area is 122 Å². The molecule has 0 amide bonds. The fourth-order valence-corrected chi connectivity index (χ4v) is 3.11. The summed E-state index contributed by atoms with van der Waals surface area (Å²) in [5.41, 5.74) is 2.43. The van der Waals surface area contributed by atoms with Crippen molar-refractivity contribution >= 4 is 0 Å². The molecule has 2 heterocycles. The van der Waals surface area contributed by atoms with Crippen LogP contribution in [-0.2, 0) is 13.1 Å². The van der Waals surface area contributed by atoms with Crippen molar-refractivity contribution in [3.63, 3.8) is 0 Å². The third-order valence-corrected chi connectivity index (χ3v) is 4.58. The maximum Gasteiger partial charge on any atom is 0.0547 e. The summed E-state index contributed by atoms with van der Waals surface area (Å²) in [6, 6.07) is 7.24. The third kappa shape index (κ3) is 4.03. The van der Waals surface area contributed by atoms with Crippen molar-refractivity contribution < 1.29 is 0 Å². The van der Waals surface area contributed by atoms with E-state index in [4.69, 9.17) is 4.98 Å². The van der Waals surface area contributed by atoms with Gasteiger partial charge in [-0.1, -0.05) is 19.4 Å². The largest absolute Gasteiger partial charge is 0.308 e. The Bertz CT molecular complexity index is 428. The molecule has 0 radical (unpaired) electrons. The van der Waals surface area contributed by atoms with Crippen LogP contribution in [0.3, 0.4) is 0 Å². The van der Waals surface area contributed by atoms with Gasteiger partial charge in [0, 0.05) is 25.7 Å². The molecule has 1 saturated heterocycles. The van der Waals surface area contributed by atoms with E-state index in [1.807, 2.05) is 0 Å². The molecular formula is C17H27N3. The normalized spacial score (nSPS) is 23.9. The molecule has 1 aliphatic heterocycles. The van der Waals surface area contributed by atoms with E-state index in [9.17, 15) is 0 Å². The van der Waals surface area contributed by atoms with Gasteiger partial charge in [-0.15, -0.1) is 0 Å². The first kappa shape index (κ1) is 14.0. The average molecular weight is 273 g/mol. The minimum absolute atomic E-state index is 0.757. The summed E-state index contributed by atoms with van der Waals surface area (Å²) in [6.07, 6.45) is 6.75. The molecule has 1 atom stereocenters. The quantitative estimate of drug-likeness (QED) is 0.863. The van der Waals surface area contributed by atoms with E-state index in [0.29, 0.717) is 0 Å². The van der Waals surface area contributed by atoms with Gasteiger partial charge in [0.2, 0.25) is 0 Å². The second-order valence-corrected chi connectivity index (χ2v) is 6.43. The highest BCUT2D eigenvalue weighted by molar-refractivity contribution is 5.11. The first-order valence-corrected chi connectivity index (χ1v) is 8.24. The summed E-state index contributed by atoms with van der Waals surface area (Å²) in [5, 5.41) is 3.54. The molecule has 3 nitrogen and oxygen atoms in total. The zero-order valence-corrected chi connectivity index (χ0v) is 12.6. The number of piperidine rings is 1. The highest BCUT2D eigenvalue weighted by Crippen LogP contribution is 2.21. The van der Waals surface area contributed by atoms with Gasteiger partial charge in [-0.3, -0.25) is 9.88 Å². The Hall–Kier alpha value is -0.930. The van der Waals surface area contributed by atoms with E-state index in [0.717, 1.165) is 25.0 Å². The predicted molar refractivity (Wildman–Crippen MR) is 82.4 cm³/mol. The number of nitrogens with one attached hydrogen (secondary N) is 1. The summed E-state index contributed by atoms with van der Waals surface area (Å²) in [4.78, 5) is 7.39. The van der Waals surface area contributed by atoms with Crippen LogP contribution in [0, 0.1) is 5.92 Å². The Morgan fingerprint density at radius 1 is 1.25 bits per heavy atom. The van der Waals surface area contributed by atoms with E-state index in [-0.39, 0.29) is 0 Å². The molecule has 20 heavy (non-hydrogen) atoms. The first-order chi connectivity index (χ1) is 9.83. The first-order valence-electron chi connectivity index (χ1n) is 8.24. The van der Waals surface area contributed by atoms with Crippen LogP contribution in [0.4, 0.5) is 0 Å². The molecule has 0 bridgehead atoms. The van der Waals surface area contributed by atoms with Crippen LogP contribution >= 0.6 is 0 Å². The van der Waals surface area contributed by atoms with Crippen molar-refractivity contribution in [2.45, 2.75) is 58.2 Å². The average Bonchev–Trinajstić information content (AvgIpc) is 3.30. The summed E-state index contributed by atoms with van der Waals surface area (Å²) >= 11 is 0. The van der Waals surface area contributed by atoms with Crippen molar-refractivity contribution in [2.24, 2.45) is 5.92 Å². The minimum atomic E-state index is 0.757. The standard InChI is InChI=1S/C17H27N3/c1-2-14-5-4-10-20(12-14)13-17-7-3-6-16(19-17)11-18-15-8-9-15/h3,6-7,14-15,18H,2,4-5,8-13H2,1H3. The zero-order valence-electron chi connectivity index (χ0n) is 12.6. The maximum atomic E-state index is 4.81. The van der Waals surface area contributed by atoms with Crippen LogP contribution in [-0.4, -0.2) is 29.0 Å². The number of likely N-dealkylation sites (tertiary alicyclic amines) is 1. The summed E-state index contributed by atoms with van der Waals surface area (Å²) in [7, 11) is 0. The van der Waals surface area contributed by atoms with Crippen LogP contribution in [0.1, 0.15) is 50.4 Å². The van der Waals surface area contributed by atoms with Crippen molar-refractivity contribution in [1.82, 2.24) is 15.2 Å². The highest BCUT2D eigenvalue weighted by Gasteiger charge is 2.21. The van der Waals surface area contributed by atoms with Gasteiger partial charge in [0.15, 0.2) is 0 Å². The van der Waals surface area contributed by atoms with E-state index >= 15 is 0 Å². The fraction of sp³-hybridized carbons (Fsp3) is 0.706. The van der Waals surface area contributed by atoms with Crippen molar-refractivity contribution in [1.29, 1.82) is 0 Å². The minimum Gasteiger partial charge on any atom is -0.308 e. The Kier molecular flexibility index (Phi) is 4.69. The van der Waals surface area contributed by atoms with Crippen LogP contribution in [0.15, 0.2) is 18.2 Å². The molecule has 1 N–H and O–H groups in total. The molecular weight excluding hydrogens is 246 g/mol. The van der Waals surface area contributed by atoms with Gasteiger partial charge >= 0.3 is 0 Å². The topological polar surface area (TPSA) is 28.2 Å². The smallest absolute Gasteiger partial charge is 0.0547 e. The number of aromatic nitrogens is 1.